The Morgan fingerprint density at radius 1 is 1.24 bits per heavy atom. The average molecular weight is 445 g/mol. The van der Waals surface area contributed by atoms with Gasteiger partial charge in [0.2, 0.25) is 0 Å². The van der Waals surface area contributed by atoms with E-state index in [4.69, 9.17) is 0 Å². The van der Waals surface area contributed by atoms with Crippen molar-refractivity contribution in [2.24, 2.45) is 4.99 Å². The topological polar surface area (TPSA) is 83.4 Å². The summed E-state index contributed by atoms with van der Waals surface area (Å²) in [4.78, 5) is 9.92. The van der Waals surface area contributed by atoms with Crippen molar-refractivity contribution in [2.75, 3.05) is 25.9 Å². The minimum absolute atomic E-state index is 0.000999. The quantitative estimate of drug-likeness (QED) is 0.505. The van der Waals surface area contributed by atoms with Gasteiger partial charge in [-0.2, -0.15) is 0 Å². The number of nitrogens with one attached hydrogen (secondary N) is 2. The van der Waals surface area contributed by atoms with Crippen LogP contribution in [0.15, 0.2) is 44.8 Å². The number of nitrogens with zero attached hydrogens (tertiary/aromatic N) is 2. The van der Waals surface area contributed by atoms with Gasteiger partial charge in [0.25, 0.3) is 0 Å². The molecule has 9 heteroatoms. The highest BCUT2D eigenvalue weighted by Crippen LogP contribution is 2.15. The number of thiazole rings is 1. The Morgan fingerprint density at radius 3 is 2.52 bits per heavy atom. The Balaban J connectivity index is 1.77. The van der Waals surface area contributed by atoms with Crippen LogP contribution in [-0.2, 0) is 16.3 Å². The highest BCUT2D eigenvalue weighted by atomic mass is 79.9. The monoisotopic (exact) mass is 444 g/mol. The largest absolute Gasteiger partial charge is 0.356 e. The van der Waals surface area contributed by atoms with Crippen LogP contribution in [0, 0.1) is 6.92 Å². The molecule has 136 valence electrons. The van der Waals surface area contributed by atoms with Crippen LogP contribution in [0.4, 0.5) is 0 Å². The number of halogens is 1. The molecule has 0 saturated carbocycles. The lowest BCUT2D eigenvalue weighted by Gasteiger charge is -2.11. The van der Waals surface area contributed by atoms with Gasteiger partial charge in [-0.25, -0.2) is 13.4 Å². The zero-order chi connectivity index (χ0) is 18.3. The lowest BCUT2D eigenvalue weighted by atomic mass is 10.4. The van der Waals surface area contributed by atoms with E-state index in [1.165, 1.54) is 4.88 Å². The molecule has 0 saturated heterocycles. The van der Waals surface area contributed by atoms with Crippen LogP contribution < -0.4 is 10.6 Å². The first-order valence-electron chi connectivity index (χ1n) is 7.75. The van der Waals surface area contributed by atoms with Gasteiger partial charge in [-0.15, -0.1) is 11.3 Å². The molecule has 25 heavy (non-hydrogen) atoms. The molecule has 0 aliphatic rings. The van der Waals surface area contributed by atoms with Gasteiger partial charge >= 0.3 is 0 Å². The maximum Gasteiger partial charge on any atom is 0.191 e. The van der Waals surface area contributed by atoms with Gasteiger partial charge in [0.1, 0.15) is 0 Å². The van der Waals surface area contributed by atoms with Crippen LogP contribution >= 0.6 is 27.3 Å². The Hall–Kier alpha value is -1.45. The molecule has 2 aromatic rings. The normalized spacial score (nSPS) is 12.2. The molecule has 0 bridgehead atoms. The Kier molecular flexibility index (Phi) is 7.39. The maximum absolute atomic E-state index is 12.3. The third-order valence-corrected chi connectivity index (χ3v) is 6.59. The van der Waals surface area contributed by atoms with Gasteiger partial charge < -0.3 is 10.6 Å². The van der Waals surface area contributed by atoms with Gasteiger partial charge in [0, 0.05) is 42.1 Å². The Bertz CT molecular complexity index is 817. The van der Waals surface area contributed by atoms with Crippen LogP contribution in [0.5, 0.6) is 0 Å². The van der Waals surface area contributed by atoms with E-state index < -0.39 is 9.84 Å². The minimum Gasteiger partial charge on any atom is -0.356 e. The summed E-state index contributed by atoms with van der Waals surface area (Å²) in [6, 6.07) is 6.65. The van der Waals surface area contributed by atoms with Crippen molar-refractivity contribution in [1.29, 1.82) is 0 Å². The molecule has 1 aromatic carbocycles. The van der Waals surface area contributed by atoms with Crippen LogP contribution in [-0.4, -0.2) is 45.3 Å². The molecule has 0 amide bonds. The van der Waals surface area contributed by atoms with E-state index in [1.807, 2.05) is 13.1 Å². The van der Waals surface area contributed by atoms with Crippen molar-refractivity contribution in [2.45, 2.75) is 18.2 Å². The first kappa shape index (κ1) is 19.9. The molecule has 0 radical (unpaired) electrons. The van der Waals surface area contributed by atoms with Gasteiger partial charge in [0.05, 0.1) is 15.7 Å². The second kappa shape index (κ2) is 9.30. The van der Waals surface area contributed by atoms with Crippen molar-refractivity contribution >= 4 is 43.1 Å². The lowest BCUT2D eigenvalue weighted by Crippen LogP contribution is -2.40. The highest BCUT2D eigenvalue weighted by molar-refractivity contribution is 9.10. The predicted octanol–water partition coefficient (Wildman–Crippen LogP) is 2.40. The van der Waals surface area contributed by atoms with Crippen LogP contribution in [0.2, 0.25) is 0 Å². The van der Waals surface area contributed by atoms with Crippen LogP contribution in [0.1, 0.15) is 9.88 Å². The van der Waals surface area contributed by atoms with Gasteiger partial charge in [-0.05, 0) is 31.2 Å². The molecule has 0 aliphatic heterocycles. The minimum atomic E-state index is -3.32. The van der Waals surface area contributed by atoms with E-state index in [0.29, 0.717) is 17.4 Å². The molecule has 0 atom stereocenters. The molecule has 0 spiro atoms. The zero-order valence-electron chi connectivity index (χ0n) is 14.1. The number of sulfone groups is 1. The molecule has 0 aliphatic carbocycles. The van der Waals surface area contributed by atoms with E-state index in [-0.39, 0.29) is 12.3 Å². The number of benzene rings is 1. The standard InChI is InChI=1S/C16H21BrN4O2S2/c1-12-11-21-15(24-12)7-8-19-16(18-2)20-9-10-25(22,23)14-5-3-13(17)4-6-14/h3-6,11H,7-10H2,1-2H3,(H2,18,19,20). The number of guanidine groups is 1. The molecule has 2 N–H and O–H groups in total. The molecule has 1 aromatic heterocycles. The third kappa shape index (κ3) is 6.41. The fourth-order valence-corrected chi connectivity index (χ4v) is 4.30. The van der Waals surface area contributed by atoms with Crippen LogP contribution in [0.3, 0.4) is 0 Å². The molecule has 0 fully saturated rings. The molecular weight excluding hydrogens is 424 g/mol. The third-order valence-electron chi connectivity index (χ3n) is 3.36. The summed E-state index contributed by atoms with van der Waals surface area (Å²) < 4.78 is 25.4. The number of aryl methyl sites for hydroxylation is 1. The fraction of sp³-hybridized carbons (Fsp3) is 0.375. The molecular formula is C16H21BrN4O2S2. The Morgan fingerprint density at radius 2 is 1.92 bits per heavy atom. The molecule has 1 heterocycles. The summed E-state index contributed by atoms with van der Waals surface area (Å²) in [7, 11) is -1.66. The Labute approximate surface area is 160 Å². The number of hydrogen-bond acceptors (Lipinski definition) is 5. The van der Waals surface area contributed by atoms with E-state index in [0.717, 1.165) is 15.9 Å². The second-order valence-electron chi connectivity index (χ2n) is 5.31. The van der Waals surface area contributed by atoms with Crippen molar-refractivity contribution in [1.82, 2.24) is 15.6 Å². The van der Waals surface area contributed by atoms with Gasteiger partial charge in [-0.1, -0.05) is 15.9 Å². The number of aliphatic imine (C=N–C) groups is 1. The number of hydrogen-bond donors (Lipinski definition) is 2. The number of aromatic nitrogens is 1. The van der Waals surface area contributed by atoms with Crippen molar-refractivity contribution in [3.05, 3.63) is 44.8 Å². The predicted molar refractivity (Wildman–Crippen MR) is 106 cm³/mol. The second-order valence-corrected chi connectivity index (χ2v) is 9.66. The summed E-state index contributed by atoms with van der Waals surface area (Å²) in [6.07, 6.45) is 2.66. The van der Waals surface area contributed by atoms with E-state index >= 15 is 0 Å². The fourth-order valence-electron chi connectivity index (χ4n) is 2.09. The lowest BCUT2D eigenvalue weighted by molar-refractivity contribution is 0.594. The van der Waals surface area contributed by atoms with Crippen molar-refractivity contribution in [3.8, 4) is 0 Å². The first-order valence-corrected chi connectivity index (χ1v) is 11.0. The summed E-state index contributed by atoms with van der Waals surface area (Å²) in [5.74, 6) is 0.584. The smallest absolute Gasteiger partial charge is 0.191 e. The van der Waals surface area contributed by atoms with Crippen molar-refractivity contribution in [3.63, 3.8) is 0 Å². The van der Waals surface area contributed by atoms with E-state index in [1.54, 1.807) is 42.6 Å². The zero-order valence-corrected chi connectivity index (χ0v) is 17.3. The molecule has 6 nitrogen and oxygen atoms in total. The first-order chi connectivity index (χ1) is 11.9. The van der Waals surface area contributed by atoms with E-state index in [9.17, 15) is 8.42 Å². The summed E-state index contributed by atoms with van der Waals surface area (Å²) in [5, 5.41) is 7.26. The van der Waals surface area contributed by atoms with Crippen molar-refractivity contribution < 1.29 is 8.42 Å². The summed E-state index contributed by atoms with van der Waals surface area (Å²) in [6.45, 7) is 3.00. The SMILES string of the molecule is CN=C(NCCc1ncc(C)s1)NCCS(=O)(=O)c1ccc(Br)cc1. The van der Waals surface area contributed by atoms with Gasteiger partial charge in [0.15, 0.2) is 15.8 Å². The molecule has 0 unspecified atom stereocenters. The summed E-state index contributed by atoms with van der Waals surface area (Å²) in [5.41, 5.74) is 0. The average Bonchev–Trinajstić information content (AvgIpc) is 2.99. The summed E-state index contributed by atoms with van der Waals surface area (Å²) >= 11 is 4.97. The number of rotatable bonds is 7. The van der Waals surface area contributed by atoms with E-state index in [2.05, 4.69) is 36.5 Å². The van der Waals surface area contributed by atoms with Crippen LogP contribution in [0.25, 0.3) is 0 Å². The highest BCUT2D eigenvalue weighted by Gasteiger charge is 2.14. The van der Waals surface area contributed by atoms with Gasteiger partial charge in [-0.3, -0.25) is 4.99 Å². The maximum atomic E-state index is 12.3. The molecule has 2 rings (SSSR count).